The van der Waals surface area contributed by atoms with Gasteiger partial charge in [-0.3, -0.25) is 14.9 Å². The summed E-state index contributed by atoms with van der Waals surface area (Å²) in [7, 11) is 0. The van der Waals surface area contributed by atoms with Crippen molar-refractivity contribution in [3.05, 3.63) is 57.6 Å². The minimum absolute atomic E-state index is 0.204. The highest BCUT2D eigenvalue weighted by Gasteiger charge is 2.43. The molecule has 190 valence electrons. The summed E-state index contributed by atoms with van der Waals surface area (Å²) < 4.78 is 95.1. The number of benzene rings is 2. The molecule has 0 aliphatic carbocycles. The maximum Gasteiger partial charge on any atom is 0.420 e. The van der Waals surface area contributed by atoms with E-state index in [0.29, 0.717) is 30.9 Å². The van der Waals surface area contributed by atoms with Crippen molar-refractivity contribution in [3.63, 3.8) is 0 Å². The van der Waals surface area contributed by atoms with E-state index in [1.165, 1.54) is 12.1 Å². The average Bonchev–Trinajstić information content (AvgIpc) is 3.31. The Morgan fingerprint density at radius 1 is 1.09 bits per heavy atom. The van der Waals surface area contributed by atoms with Gasteiger partial charge in [0.2, 0.25) is 0 Å². The van der Waals surface area contributed by atoms with Crippen molar-refractivity contribution in [2.75, 3.05) is 29.9 Å². The van der Waals surface area contributed by atoms with Crippen molar-refractivity contribution in [2.45, 2.75) is 31.4 Å². The predicted octanol–water partition coefficient (Wildman–Crippen LogP) is 5.75. The van der Waals surface area contributed by atoms with Crippen molar-refractivity contribution >= 4 is 23.0 Å². The van der Waals surface area contributed by atoms with Gasteiger partial charge in [-0.05, 0) is 43.2 Å². The number of hydrogen-bond donors (Lipinski definition) is 1. The van der Waals surface area contributed by atoms with Crippen LogP contribution < -0.4 is 15.0 Å². The fraction of sp³-hybridized carbons (Fsp3) is 0.381. The van der Waals surface area contributed by atoms with Crippen LogP contribution in [-0.4, -0.2) is 42.9 Å². The van der Waals surface area contributed by atoms with E-state index < -0.39 is 53.0 Å². The Morgan fingerprint density at radius 3 is 2.31 bits per heavy atom. The standard InChI is InChI=1S/C21H18F7N3O4/c22-19(23)20(24,25)11-35-17-6-4-13(10-14(17)21(26,27)28)29-18(32)12-3-5-15(16(9-12)31(33)34)30-7-1-2-8-30/h3-6,9-10,19H,1-2,7-8,11H2,(H,29,32). The Balaban J connectivity index is 1.83. The van der Waals surface area contributed by atoms with E-state index in [0.717, 1.165) is 25.0 Å². The molecule has 2 aromatic rings. The maximum absolute atomic E-state index is 13.4. The summed E-state index contributed by atoms with van der Waals surface area (Å²) in [6, 6.07) is 5.51. The summed E-state index contributed by atoms with van der Waals surface area (Å²) in [4.78, 5) is 25.2. The van der Waals surface area contributed by atoms with Gasteiger partial charge in [-0.25, -0.2) is 8.78 Å². The summed E-state index contributed by atoms with van der Waals surface area (Å²) in [5.41, 5.74) is -2.26. The topological polar surface area (TPSA) is 84.7 Å². The molecule has 0 bridgehead atoms. The van der Waals surface area contributed by atoms with Crippen molar-refractivity contribution in [3.8, 4) is 5.75 Å². The number of nitrogens with one attached hydrogen (secondary N) is 1. The van der Waals surface area contributed by atoms with Crippen LogP contribution in [0.25, 0.3) is 0 Å². The van der Waals surface area contributed by atoms with Gasteiger partial charge in [0.15, 0.2) is 6.61 Å². The van der Waals surface area contributed by atoms with E-state index >= 15 is 0 Å². The third-order valence-electron chi connectivity index (χ3n) is 5.16. The number of carbonyl (C=O) groups excluding carboxylic acids is 1. The van der Waals surface area contributed by atoms with E-state index in [1.54, 1.807) is 4.90 Å². The van der Waals surface area contributed by atoms with Gasteiger partial charge in [0.1, 0.15) is 11.4 Å². The van der Waals surface area contributed by atoms with Crippen LogP contribution in [0.1, 0.15) is 28.8 Å². The molecule has 0 aromatic heterocycles. The largest absolute Gasteiger partial charge is 0.486 e. The number of nitro groups is 1. The number of carbonyl (C=O) groups is 1. The van der Waals surface area contributed by atoms with E-state index in [-0.39, 0.29) is 11.3 Å². The molecule has 1 heterocycles. The normalized spacial score (nSPS) is 14.3. The zero-order valence-corrected chi connectivity index (χ0v) is 17.8. The van der Waals surface area contributed by atoms with Gasteiger partial charge in [0, 0.05) is 30.4 Å². The molecule has 1 saturated heterocycles. The minimum Gasteiger partial charge on any atom is -0.486 e. The number of halogens is 7. The zero-order chi connectivity index (χ0) is 26.0. The number of hydrogen-bond acceptors (Lipinski definition) is 5. The molecule has 1 aliphatic rings. The highest BCUT2D eigenvalue weighted by Crippen LogP contribution is 2.39. The molecule has 1 amide bonds. The maximum atomic E-state index is 13.4. The first kappa shape index (κ1) is 26.0. The molecule has 2 aromatic carbocycles. The number of anilines is 2. The average molecular weight is 509 g/mol. The first-order valence-corrected chi connectivity index (χ1v) is 10.1. The molecule has 0 atom stereocenters. The van der Waals surface area contributed by atoms with Crippen molar-refractivity contribution in [2.24, 2.45) is 0 Å². The molecule has 0 radical (unpaired) electrons. The number of ether oxygens (including phenoxy) is 1. The van der Waals surface area contributed by atoms with Crippen LogP contribution in [0, 0.1) is 10.1 Å². The highest BCUT2D eigenvalue weighted by atomic mass is 19.4. The van der Waals surface area contributed by atoms with Gasteiger partial charge >= 0.3 is 18.5 Å². The molecular formula is C21H18F7N3O4. The Bertz CT molecular complexity index is 1100. The molecule has 3 rings (SSSR count). The first-order chi connectivity index (χ1) is 16.3. The molecule has 1 fully saturated rings. The number of alkyl halides is 7. The van der Waals surface area contributed by atoms with Crippen LogP contribution in [0.5, 0.6) is 5.75 Å². The SMILES string of the molecule is O=C(Nc1ccc(OCC(F)(F)C(F)F)c(C(F)(F)F)c1)c1ccc(N2CCCC2)c([N+](=O)[O-])c1. The zero-order valence-electron chi connectivity index (χ0n) is 17.8. The molecule has 35 heavy (non-hydrogen) atoms. The lowest BCUT2D eigenvalue weighted by atomic mass is 10.1. The summed E-state index contributed by atoms with van der Waals surface area (Å²) in [5, 5.41) is 13.6. The van der Waals surface area contributed by atoms with Crippen LogP contribution in [0.2, 0.25) is 0 Å². The predicted molar refractivity (Wildman–Crippen MR) is 110 cm³/mol. The summed E-state index contributed by atoms with van der Waals surface area (Å²) in [6.45, 7) is -0.791. The second-order valence-electron chi connectivity index (χ2n) is 7.67. The van der Waals surface area contributed by atoms with Crippen LogP contribution in [-0.2, 0) is 6.18 Å². The second kappa shape index (κ2) is 9.96. The Morgan fingerprint density at radius 2 is 1.74 bits per heavy atom. The van der Waals surface area contributed by atoms with Gasteiger partial charge in [0.05, 0.1) is 10.5 Å². The van der Waals surface area contributed by atoms with Crippen molar-refractivity contribution in [1.82, 2.24) is 0 Å². The number of nitrogens with zero attached hydrogens (tertiary/aromatic N) is 2. The number of amides is 1. The molecule has 0 unspecified atom stereocenters. The van der Waals surface area contributed by atoms with Crippen LogP contribution in [0.3, 0.4) is 0 Å². The number of rotatable bonds is 8. The van der Waals surface area contributed by atoms with Crippen molar-refractivity contribution < 1.29 is 45.2 Å². The van der Waals surface area contributed by atoms with E-state index in [4.69, 9.17) is 0 Å². The monoisotopic (exact) mass is 509 g/mol. The van der Waals surface area contributed by atoms with Crippen LogP contribution in [0.15, 0.2) is 36.4 Å². The van der Waals surface area contributed by atoms with Gasteiger partial charge in [-0.1, -0.05) is 0 Å². The lowest BCUT2D eigenvalue weighted by molar-refractivity contribution is -0.384. The molecule has 1 N–H and O–H groups in total. The lowest BCUT2D eigenvalue weighted by Gasteiger charge is -2.19. The second-order valence-corrected chi connectivity index (χ2v) is 7.67. The molecular weight excluding hydrogens is 491 g/mol. The highest BCUT2D eigenvalue weighted by molar-refractivity contribution is 6.05. The Kier molecular flexibility index (Phi) is 7.41. The lowest BCUT2D eigenvalue weighted by Crippen LogP contribution is -2.34. The quantitative estimate of drug-likeness (QED) is 0.279. The minimum atomic E-state index is -5.13. The fourth-order valence-electron chi connectivity index (χ4n) is 3.43. The molecule has 0 saturated carbocycles. The van der Waals surface area contributed by atoms with Gasteiger partial charge in [0.25, 0.3) is 11.6 Å². The van der Waals surface area contributed by atoms with E-state index in [2.05, 4.69) is 10.1 Å². The Labute approximate surface area is 193 Å². The van der Waals surface area contributed by atoms with Gasteiger partial charge < -0.3 is 15.0 Å². The van der Waals surface area contributed by atoms with Crippen molar-refractivity contribution in [1.29, 1.82) is 0 Å². The third-order valence-corrected chi connectivity index (χ3v) is 5.16. The number of nitro benzene ring substituents is 1. The summed E-state index contributed by atoms with van der Waals surface area (Å²) in [5.74, 6) is -6.78. The summed E-state index contributed by atoms with van der Waals surface area (Å²) in [6.07, 6.45) is -7.58. The third kappa shape index (κ3) is 6.11. The first-order valence-electron chi connectivity index (χ1n) is 10.1. The van der Waals surface area contributed by atoms with Crippen LogP contribution >= 0.6 is 0 Å². The molecule has 0 spiro atoms. The van der Waals surface area contributed by atoms with E-state index in [9.17, 15) is 45.6 Å². The van der Waals surface area contributed by atoms with E-state index in [1.807, 2.05) is 0 Å². The summed E-state index contributed by atoms with van der Waals surface area (Å²) >= 11 is 0. The van der Waals surface area contributed by atoms with Gasteiger partial charge in [-0.15, -0.1) is 0 Å². The van der Waals surface area contributed by atoms with Crippen LogP contribution in [0.4, 0.5) is 47.8 Å². The fourth-order valence-corrected chi connectivity index (χ4v) is 3.43. The molecule has 1 aliphatic heterocycles. The smallest absolute Gasteiger partial charge is 0.420 e. The van der Waals surface area contributed by atoms with Gasteiger partial charge in [-0.2, -0.15) is 22.0 Å². The molecule has 7 nitrogen and oxygen atoms in total. The molecule has 14 heteroatoms. The Hall–Kier alpha value is -3.58.